The van der Waals surface area contributed by atoms with Crippen molar-refractivity contribution in [1.29, 1.82) is 0 Å². The molecule has 2 fully saturated rings. The van der Waals surface area contributed by atoms with Crippen molar-refractivity contribution in [3.8, 4) is 0 Å². The topological polar surface area (TPSA) is 92.1 Å². The molecule has 4 heterocycles. The van der Waals surface area contributed by atoms with Gasteiger partial charge < -0.3 is 14.4 Å². The standard InChI is InChI=1S/C34H43BrN8O3S/c1-26(27-7-4-3-5-8-27)25-42-31-30(24-36-42)32(38-33(37-31)47-22-18-41-15-19-45-20-16-41)43(29-10-6-9-28(35)23-29)34(44)46-21-17-40-13-11-39(2)12-14-40/h3-10,23-24,26H,11-22,25H2,1-2H3. The molecule has 0 saturated carbocycles. The molecule has 1 amide bonds. The summed E-state index contributed by atoms with van der Waals surface area (Å²) in [5.41, 5.74) is 2.57. The minimum absolute atomic E-state index is 0.205. The van der Waals surface area contributed by atoms with Crippen LogP contribution in [-0.4, -0.2) is 126 Å². The molecule has 13 heteroatoms. The molecule has 4 aromatic rings. The zero-order valence-electron chi connectivity index (χ0n) is 27.1. The Morgan fingerprint density at radius 3 is 2.53 bits per heavy atom. The van der Waals surface area contributed by atoms with E-state index in [4.69, 9.17) is 24.5 Å². The summed E-state index contributed by atoms with van der Waals surface area (Å²) in [6.07, 6.45) is 1.29. The molecule has 2 aromatic heterocycles. The van der Waals surface area contributed by atoms with Crippen molar-refractivity contribution in [2.75, 3.05) is 89.9 Å². The van der Waals surface area contributed by atoms with Crippen LogP contribution in [0.25, 0.3) is 11.0 Å². The second-order valence-electron chi connectivity index (χ2n) is 12.1. The van der Waals surface area contributed by atoms with Crippen molar-refractivity contribution in [3.05, 3.63) is 70.8 Å². The monoisotopic (exact) mass is 722 g/mol. The van der Waals surface area contributed by atoms with E-state index in [0.717, 1.165) is 69.3 Å². The van der Waals surface area contributed by atoms with E-state index in [2.05, 4.69) is 68.9 Å². The van der Waals surface area contributed by atoms with Gasteiger partial charge in [0, 0.05) is 75.0 Å². The third-order valence-corrected chi connectivity index (χ3v) is 10.0. The first-order chi connectivity index (χ1) is 22.9. The highest BCUT2D eigenvalue weighted by Crippen LogP contribution is 2.34. The van der Waals surface area contributed by atoms with Gasteiger partial charge in [-0.05, 0) is 30.8 Å². The van der Waals surface area contributed by atoms with Crippen LogP contribution in [0.3, 0.4) is 0 Å². The molecule has 2 aliphatic rings. The Balaban J connectivity index is 1.31. The molecule has 2 aliphatic heterocycles. The number of likely N-dealkylation sites (N-methyl/N-ethyl adjacent to an activating group) is 1. The number of rotatable bonds is 12. The van der Waals surface area contributed by atoms with Crippen LogP contribution >= 0.6 is 27.7 Å². The second kappa shape index (κ2) is 16.4. The Morgan fingerprint density at radius 1 is 1.00 bits per heavy atom. The van der Waals surface area contributed by atoms with Crippen molar-refractivity contribution in [2.24, 2.45) is 0 Å². The summed E-state index contributed by atoms with van der Waals surface area (Å²) in [4.78, 5) is 32.7. The van der Waals surface area contributed by atoms with E-state index in [1.54, 1.807) is 22.9 Å². The van der Waals surface area contributed by atoms with Crippen LogP contribution in [0, 0.1) is 0 Å². The van der Waals surface area contributed by atoms with E-state index >= 15 is 0 Å². The summed E-state index contributed by atoms with van der Waals surface area (Å²) in [7, 11) is 2.13. The minimum Gasteiger partial charge on any atom is -0.448 e. The number of piperazine rings is 1. The smallest absolute Gasteiger partial charge is 0.420 e. The van der Waals surface area contributed by atoms with E-state index < -0.39 is 6.09 Å². The molecular weight excluding hydrogens is 680 g/mol. The number of carbonyl (C=O) groups excluding carboxylic acids is 1. The fourth-order valence-corrected chi connectivity index (χ4v) is 7.08. The zero-order chi connectivity index (χ0) is 32.6. The molecule has 2 aromatic carbocycles. The maximum absolute atomic E-state index is 14.0. The number of halogens is 1. The zero-order valence-corrected chi connectivity index (χ0v) is 29.5. The van der Waals surface area contributed by atoms with Crippen LogP contribution in [0.5, 0.6) is 0 Å². The third kappa shape index (κ3) is 8.89. The molecular formula is C34H43BrN8O3S. The quantitative estimate of drug-likeness (QED) is 0.141. The van der Waals surface area contributed by atoms with E-state index in [9.17, 15) is 4.79 Å². The Morgan fingerprint density at radius 2 is 1.77 bits per heavy atom. The molecule has 0 radical (unpaired) electrons. The van der Waals surface area contributed by atoms with Crippen LogP contribution in [0.4, 0.5) is 16.3 Å². The number of anilines is 2. The summed E-state index contributed by atoms with van der Waals surface area (Å²) < 4.78 is 14.3. The Hall–Kier alpha value is -3.07. The van der Waals surface area contributed by atoms with Gasteiger partial charge in [0.05, 0.1) is 30.5 Å². The number of hydrogen-bond acceptors (Lipinski definition) is 10. The fourth-order valence-electron chi connectivity index (χ4n) is 5.85. The summed E-state index contributed by atoms with van der Waals surface area (Å²) in [6.45, 7) is 12.0. The number of hydrogen-bond donors (Lipinski definition) is 0. The van der Waals surface area contributed by atoms with Gasteiger partial charge in [-0.1, -0.05) is 71.0 Å². The van der Waals surface area contributed by atoms with Crippen molar-refractivity contribution in [2.45, 2.75) is 24.5 Å². The molecule has 0 bridgehead atoms. The predicted octanol–water partition coefficient (Wildman–Crippen LogP) is 5.34. The lowest BCUT2D eigenvalue weighted by Gasteiger charge is -2.32. The molecule has 0 spiro atoms. The lowest BCUT2D eigenvalue weighted by molar-refractivity contribution is 0.0410. The first-order valence-electron chi connectivity index (χ1n) is 16.3. The number of amides is 1. The lowest BCUT2D eigenvalue weighted by atomic mass is 10.0. The van der Waals surface area contributed by atoms with Gasteiger partial charge in [0.15, 0.2) is 16.6 Å². The van der Waals surface area contributed by atoms with E-state index in [1.807, 2.05) is 35.0 Å². The normalized spacial score (nSPS) is 17.2. The summed E-state index contributed by atoms with van der Waals surface area (Å²) in [6, 6.07) is 18.1. The molecule has 6 rings (SSSR count). The predicted molar refractivity (Wildman–Crippen MR) is 190 cm³/mol. The largest absolute Gasteiger partial charge is 0.448 e. The summed E-state index contributed by atoms with van der Waals surface area (Å²) in [5.74, 6) is 1.48. The maximum Gasteiger partial charge on any atom is 0.420 e. The number of thioether (sulfide) groups is 1. The van der Waals surface area contributed by atoms with E-state index in [-0.39, 0.29) is 12.5 Å². The molecule has 2 saturated heterocycles. The average Bonchev–Trinajstić information content (AvgIpc) is 3.49. The number of nitrogens with zero attached hydrogens (tertiary/aromatic N) is 8. The summed E-state index contributed by atoms with van der Waals surface area (Å²) >= 11 is 5.19. The number of benzene rings is 2. The van der Waals surface area contributed by atoms with Crippen LogP contribution in [0.15, 0.2) is 70.4 Å². The lowest BCUT2D eigenvalue weighted by Crippen LogP contribution is -2.45. The summed E-state index contributed by atoms with van der Waals surface area (Å²) in [5, 5.41) is 6.07. The van der Waals surface area contributed by atoms with Crippen molar-refractivity contribution in [3.63, 3.8) is 0 Å². The highest BCUT2D eigenvalue weighted by molar-refractivity contribution is 9.10. The number of carbonyl (C=O) groups is 1. The van der Waals surface area contributed by atoms with Crippen molar-refractivity contribution < 1.29 is 14.3 Å². The second-order valence-corrected chi connectivity index (χ2v) is 14.1. The first kappa shape index (κ1) is 33.8. The SMILES string of the molecule is CC(Cn1ncc2c(N(C(=O)OCCN3CCN(C)CC3)c3cccc(Br)c3)nc(SCCN3CCOCC3)nc21)c1ccccc1. The van der Waals surface area contributed by atoms with Crippen LogP contribution in [-0.2, 0) is 16.0 Å². The van der Waals surface area contributed by atoms with Gasteiger partial charge in [-0.15, -0.1) is 0 Å². The molecule has 1 unspecified atom stereocenters. The van der Waals surface area contributed by atoms with Crippen LogP contribution < -0.4 is 4.90 Å². The number of fused-ring (bicyclic) bond motifs is 1. The van der Waals surface area contributed by atoms with Gasteiger partial charge in [0.25, 0.3) is 0 Å². The average molecular weight is 724 g/mol. The molecule has 47 heavy (non-hydrogen) atoms. The van der Waals surface area contributed by atoms with Gasteiger partial charge in [0.1, 0.15) is 6.61 Å². The van der Waals surface area contributed by atoms with Gasteiger partial charge in [0.2, 0.25) is 0 Å². The van der Waals surface area contributed by atoms with E-state index in [0.29, 0.717) is 40.8 Å². The van der Waals surface area contributed by atoms with E-state index in [1.165, 1.54) is 5.56 Å². The number of aromatic nitrogens is 4. The highest BCUT2D eigenvalue weighted by atomic mass is 79.9. The van der Waals surface area contributed by atoms with Crippen LogP contribution in [0.1, 0.15) is 18.4 Å². The molecule has 0 N–H and O–H groups in total. The molecule has 250 valence electrons. The Labute approximate surface area is 289 Å². The minimum atomic E-state index is -0.480. The van der Waals surface area contributed by atoms with Crippen LogP contribution in [0.2, 0.25) is 0 Å². The maximum atomic E-state index is 14.0. The van der Waals surface area contributed by atoms with Crippen molar-refractivity contribution in [1.82, 2.24) is 34.4 Å². The molecule has 1 atom stereocenters. The van der Waals surface area contributed by atoms with Gasteiger partial charge in [-0.3, -0.25) is 9.80 Å². The van der Waals surface area contributed by atoms with Crippen molar-refractivity contribution >= 4 is 56.3 Å². The number of ether oxygens (including phenoxy) is 2. The van der Waals surface area contributed by atoms with Gasteiger partial charge in [-0.25, -0.2) is 24.3 Å². The molecule has 0 aliphatic carbocycles. The Bertz CT molecular complexity index is 1610. The highest BCUT2D eigenvalue weighted by Gasteiger charge is 2.27. The molecule has 11 nitrogen and oxygen atoms in total. The first-order valence-corrected chi connectivity index (χ1v) is 18.1. The fraction of sp³-hybridized carbons (Fsp3) is 0.471. The third-order valence-electron chi connectivity index (χ3n) is 8.70. The van der Waals surface area contributed by atoms with Gasteiger partial charge in [-0.2, -0.15) is 5.10 Å². The van der Waals surface area contributed by atoms with Gasteiger partial charge >= 0.3 is 6.09 Å². The Kier molecular flexibility index (Phi) is 11.8. The number of morpholine rings is 1.